The van der Waals surface area contributed by atoms with Crippen LogP contribution in [0.25, 0.3) is 0 Å². The number of carbonyl (C=O) groups is 2. The highest BCUT2D eigenvalue weighted by Gasteiger charge is 2.29. The van der Waals surface area contributed by atoms with Gasteiger partial charge in [-0.3, -0.25) is 9.59 Å². The number of hydrogen-bond donors (Lipinski definition) is 1. The van der Waals surface area contributed by atoms with Crippen LogP contribution in [0, 0.1) is 0 Å². The maximum Gasteiger partial charge on any atom is 0.243 e. The lowest BCUT2D eigenvalue weighted by atomic mass is 10.0. The van der Waals surface area contributed by atoms with Crippen LogP contribution in [0.2, 0.25) is 5.02 Å². The molecule has 3 rings (SSSR count). The molecule has 0 fully saturated rings. The molecule has 0 saturated heterocycles. The molecular weight excluding hydrogens is 476 g/mol. The number of rotatable bonds is 12. The first-order valence-corrected chi connectivity index (χ1v) is 12.4. The molecule has 0 aromatic heterocycles. The van der Waals surface area contributed by atoms with E-state index >= 15 is 0 Å². The zero-order chi connectivity index (χ0) is 25.9. The van der Waals surface area contributed by atoms with E-state index in [9.17, 15) is 9.59 Å². The first-order chi connectivity index (χ1) is 17.4. The van der Waals surface area contributed by atoms with Crippen molar-refractivity contribution >= 4 is 23.4 Å². The summed E-state index contributed by atoms with van der Waals surface area (Å²) in [4.78, 5) is 28.2. The molecule has 6 nitrogen and oxygen atoms in total. The summed E-state index contributed by atoms with van der Waals surface area (Å²) in [5, 5.41) is 3.67. The van der Waals surface area contributed by atoms with Gasteiger partial charge in [0.2, 0.25) is 11.8 Å². The van der Waals surface area contributed by atoms with Gasteiger partial charge in [0.15, 0.2) is 11.5 Å². The van der Waals surface area contributed by atoms with Gasteiger partial charge in [0, 0.05) is 31.0 Å². The maximum absolute atomic E-state index is 13.5. The number of carbonyl (C=O) groups excluding carboxylic acids is 2. The molecule has 1 N–H and O–H groups in total. The van der Waals surface area contributed by atoms with E-state index in [0.717, 1.165) is 16.7 Å². The van der Waals surface area contributed by atoms with Gasteiger partial charge in [0.05, 0.1) is 14.2 Å². The summed E-state index contributed by atoms with van der Waals surface area (Å²) in [5.41, 5.74) is 2.91. The van der Waals surface area contributed by atoms with E-state index in [1.807, 2.05) is 67.6 Å². The van der Waals surface area contributed by atoms with Crippen molar-refractivity contribution in [1.29, 1.82) is 0 Å². The van der Waals surface area contributed by atoms with E-state index in [4.69, 9.17) is 21.1 Å². The minimum atomic E-state index is -0.652. The highest BCUT2D eigenvalue weighted by molar-refractivity contribution is 6.30. The van der Waals surface area contributed by atoms with Gasteiger partial charge in [-0.25, -0.2) is 0 Å². The van der Waals surface area contributed by atoms with E-state index in [0.29, 0.717) is 48.9 Å². The molecule has 0 spiro atoms. The zero-order valence-corrected chi connectivity index (χ0v) is 21.8. The van der Waals surface area contributed by atoms with Crippen molar-refractivity contribution < 1.29 is 19.1 Å². The van der Waals surface area contributed by atoms with Crippen molar-refractivity contribution in [2.75, 3.05) is 20.8 Å². The molecule has 0 aliphatic rings. The minimum absolute atomic E-state index is 0.0825. The van der Waals surface area contributed by atoms with E-state index < -0.39 is 6.04 Å². The Morgan fingerprint density at radius 2 is 1.56 bits per heavy atom. The SMILES string of the molecule is CCC(=O)N(Cc1ccc(Cl)cc1)C(Cc1ccccc1)C(=O)NCCc1ccc(OC)c(OC)c1. The van der Waals surface area contributed by atoms with Crippen molar-refractivity contribution in [2.24, 2.45) is 0 Å². The summed E-state index contributed by atoms with van der Waals surface area (Å²) in [7, 11) is 3.19. The summed E-state index contributed by atoms with van der Waals surface area (Å²) in [6.07, 6.45) is 1.34. The lowest BCUT2D eigenvalue weighted by Crippen LogP contribution is -2.50. The first kappa shape index (κ1) is 27.1. The number of methoxy groups -OCH3 is 2. The summed E-state index contributed by atoms with van der Waals surface area (Å²) < 4.78 is 10.7. The third-order valence-corrected chi connectivity index (χ3v) is 6.25. The molecule has 1 atom stereocenters. The molecule has 3 aromatic carbocycles. The van der Waals surface area contributed by atoms with Crippen LogP contribution >= 0.6 is 11.6 Å². The molecule has 0 heterocycles. The van der Waals surface area contributed by atoms with Gasteiger partial charge in [0.1, 0.15) is 6.04 Å². The van der Waals surface area contributed by atoms with E-state index in [-0.39, 0.29) is 11.8 Å². The molecule has 3 aromatic rings. The standard InChI is InChI=1S/C29H33ClN2O4/c1-4-28(33)32(20-23-10-13-24(30)14-11-23)25(18-21-8-6-5-7-9-21)29(34)31-17-16-22-12-15-26(35-2)27(19-22)36-3/h5-15,19,25H,4,16-18,20H2,1-3H3,(H,31,34). The van der Waals surface area contributed by atoms with Crippen LogP contribution in [0.3, 0.4) is 0 Å². The molecule has 0 aliphatic heterocycles. The van der Waals surface area contributed by atoms with E-state index in [1.54, 1.807) is 31.3 Å². The highest BCUT2D eigenvalue weighted by Crippen LogP contribution is 2.27. The largest absolute Gasteiger partial charge is 0.493 e. The molecule has 2 amide bonds. The van der Waals surface area contributed by atoms with Gasteiger partial charge >= 0.3 is 0 Å². The second-order valence-electron chi connectivity index (χ2n) is 8.44. The molecule has 36 heavy (non-hydrogen) atoms. The molecular formula is C29H33ClN2O4. The molecule has 0 bridgehead atoms. The second-order valence-corrected chi connectivity index (χ2v) is 8.87. The lowest BCUT2D eigenvalue weighted by Gasteiger charge is -2.31. The number of nitrogens with one attached hydrogen (secondary N) is 1. The fourth-order valence-electron chi connectivity index (χ4n) is 4.03. The number of ether oxygens (including phenoxy) is 2. The second kappa shape index (κ2) is 13.5. The number of amides is 2. The van der Waals surface area contributed by atoms with Crippen LogP contribution in [-0.4, -0.2) is 43.5 Å². The topological polar surface area (TPSA) is 67.9 Å². The van der Waals surface area contributed by atoms with Crippen molar-refractivity contribution in [3.63, 3.8) is 0 Å². The summed E-state index contributed by atoms with van der Waals surface area (Å²) in [6.45, 7) is 2.56. The van der Waals surface area contributed by atoms with Crippen LogP contribution in [0.4, 0.5) is 0 Å². The maximum atomic E-state index is 13.5. The lowest BCUT2D eigenvalue weighted by molar-refractivity contribution is -0.141. The van der Waals surface area contributed by atoms with Crippen molar-refractivity contribution in [3.8, 4) is 11.5 Å². The molecule has 7 heteroatoms. The van der Waals surface area contributed by atoms with Crippen LogP contribution in [0.5, 0.6) is 11.5 Å². The Morgan fingerprint density at radius 3 is 2.19 bits per heavy atom. The summed E-state index contributed by atoms with van der Waals surface area (Å²) >= 11 is 6.04. The summed E-state index contributed by atoms with van der Waals surface area (Å²) in [5.74, 6) is 1.03. The van der Waals surface area contributed by atoms with Crippen molar-refractivity contribution in [3.05, 3.63) is 94.5 Å². The van der Waals surface area contributed by atoms with Crippen LogP contribution < -0.4 is 14.8 Å². The predicted octanol–water partition coefficient (Wildman–Crippen LogP) is 5.07. The molecule has 1 unspecified atom stereocenters. The van der Waals surface area contributed by atoms with Crippen LogP contribution in [0.15, 0.2) is 72.8 Å². The Balaban J connectivity index is 1.78. The molecule has 190 valence electrons. The Morgan fingerprint density at radius 1 is 0.889 bits per heavy atom. The quantitative estimate of drug-likeness (QED) is 0.371. The van der Waals surface area contributed by atoms with Gasteiger partial charge in [-0.2, -0.15) is 0 Å². The zero-order valence-electron chi connectivity index (χ0n) is 21.0. The Kier molecular flexibility index (Phi) is 10.2. The Bertz CT molecular complexity index is 1140. The Labute approximate surface area is 218 Å². The monoisotopic (exact) mass is 508 g/mol. The number of benzene rings is 3. The number of nitrogens with zero attached hydrogens (tertiary/aromatic N) is 1. The minimum Gasteiger partial charge on any atom is -0.493 e. The molecule has 0 aliphatic carbocycles. The molecule has 0 saturated carbocycles. The van der Waals surface area contributed by atoms with Gasteiger partial charge in [-0.15, -0.1) is 0 Å². The van der Waals surface area contributed by atoms with Gasteiger partial charge in [-0.1, -0.05) is 67.1 Å². The predicted molar refractivity (Wildman–Crippen MR) is 142 cm³/mol. The van der Waals surface area contributed by atoms with Crippen molar-refractivity contribution in [2.45, 2.75) is 38.8 Å². The van der Waals surface area contributed by atoms with Gasteiger partial charge in [-0.05, 0) is 47.4 Å². The van der Waals surface area contributed by atoms with Crippen LogP contribution in [0.1, 0.15) is 30.0 Å². The van der Waals surface area contributed by atoms with Crippen LogP contribution in [-0.2, 0) is 29.0 Å². The highest BCUT2D eigenvalue weighted by atomic mass is 35.5. The average Bonchev–Trinajstić information content (AvgIpc) is 2.91. The smallest absolute Gasteiger partial charge is 0.243 e. The van der Waals surface area contributed by atoms with Crippen molar-refractivity contribution in [1.82, 2.24) is 10.2 Å². The fraction of sp³-hybridized carbons (Fsp3) is 0.310. The van der Waals surface area contributed by atoms with E-state index in [1.165, 1.54) is 0 Å². The average molecular weight is 509 g/mol. The fourth-order valence-corrected chi connectivity index (χ4v) is 4.15. The molecule has 0 radical (unpaired) electrons. The number of hydrogen-bond acceptors (Lipinski definition) is 4. The van der Waals surface area contributed by atoms with E-state index in [2.05, 4.69) is 5.32 Å². The van der Waals surface area contributed by atoms with Gasteiger partial charge < -0.3 is 19.7 Å². The first-order valence-electron chi connectivity index (χ1n) is 12.0. The third kappa shape index (κ3) is 7.49. The third-order valence-electron chi connectivity index (χ3n) is 6.00. The normalized spacial score (nSPS) is 11.4. The van der Waals surface area contributed by atoms with Gasteiger partial charge in [0.25, 0.3) is 0 Å². The number of halogens is 1. The Hall–Kier alpha value is -3.51. The summed E-state index contributed by atoms with van der Waals surface area (Å²) in [6, 6.07) is 22.2.